The SMILES string of the molecule is COc1cc([C@@H]2N=c3ccccc3=C3C(=O)NC(SC)=NN32)cc(OC)c1OC. The summed E-state index contributed by atoms with van der Waals surface area (Å²) >= 11 is 1.36. The molecule has 0 aromatic heterocycles. The van der Waals surface area contributed by atoms with Crippen molar-refractivity contribution in [2.24, 2.45) is 10.1 Å². The van der Waals surface area contributed by atoms with Gasteiger partial charge in [-0.15, -0.1) is 5.10 Å². The number of amidine groups is 1. The number of hydrogen-bond acceptors (Lipinski definition) is 8. The fourth-order valence-corrected chi connectivity index (χ4v) is 3.75. The first-order chi connectivity index (χ1) is 14.1. The first kappa shape index (κ1) is 19.1. The summed E-state index contributed by atoms with van der Waals surface area (Å²) < 4.78 is 16.4. The number of carbonyl (C=O) groups excluding carboxylic acids is 1. The van der Waals surface area contributed by atoms with Crippen LogP contribution in [0, 0.1) is 0 Å². The first-order valence-electron chi connectivity index (χ1n) is 8.81. The van der Waals surface area contributed by atoms with E-state index >= 15 is 0 Å². The van der Waals surface area contributed by atoms with Crippen molar-refractivity contribution in [1.29, 1.82) is 0 Å². The van der Waals surface area contributed by atoms with Crippen LogP contribution < -0.4 is 30.1 Å². The number of rotatable bonds is 4. The molecule has 29 heavy (non-hydrogen) atoms. The van der Waals surface area contributed by atoms with E-state index < -0.39 is 6.17 Å². The number of nitrogens with one attached hydrogen (secondary N) is 1. The number of amides is 1. The molecular formula is C20H20N4O4S. The highest BCUT2D eigenvalue weighted by atomic mass is 32.2. The minimum Gasteiger partial charge on any atom is -0.493 e. The van der Waals surface area contributed by atoms with Gasteiger partial charge in [0, 0.05) is 10.8 Å². The number of hydrogen-bond donors (Lipinski definition) is 1. The van der Waals surface area contributed by atoms with Crippen LogP contribution in [-0.4, -0.2) is 43.7 Å². The summed E-state index contributed by atoms with van der Waals surface area (Å²) in [5.41, 5.74) is 1.21. The predicted octanol–water partition coefficient (Wildman–Crippen LogP) is 1.22. The van der Waals surface area contributed by atoms with Crippen molar-refractivity contribution in [2.75, 3.05) is 27.6 Å². The number of para-hydroxylation sites is 1. The summed E-state index contributed by atoms with van der Waals surface area (Å²) in [5.74, 6) is 1.29. The number of benzene rings is 2. The van der Waals surface area contributed by atoms with E-state index in [0.717, 1.165) is 16.1 Å². The summed E-state index contributed by atoms with van der Waals surface area (Å²) in [5, 5.41) is 11.0. The van der Waals surface area contributed by atoms with Crippen LogP contribution in [0.15, 0.2) is 46.5 Å². The van der Waals surface area contributed by atoms with Gasteiger partial charge in [-0.3, -0.25) is 15.1 Å². The van der Waals surface area contributed by atoms with Gasteiger partial charge in [0.05, 0.1) is 26.7 Å². The van der Waals surface area contributed by atoms with E-state index in [0.29, 0.717) is 28.1 Å². The molecule has 0 radical (unpaired) electrons. The maximum atomic E-state index is 12.9. The predicted molar refractivity (Wildman–Crippen MR) is 110 cm³/mol. The van der Waals surface area contributed by atoms with E-state index in [2.05, 4.69) is 10.4 Å². The molecular weight excluding hydrogens is 392 g/mol. The third-order valence-electron chi connectivity index (χ3n) is 4.69. The van der Waals surface area contributed by atoms with Gasteiger partial charge in [-0.25, -0.2) is 5.01 Å². The molecule has 2 aromatic carbocycles. The molecule has 1 amide bonds. The van der Waals surface area contributed by atoms with Crippen molar-refractivity contribution in [3.05, 3.63) is 52.5 Å². The minimum absolute atomic E-state index is 0.218. The maximum absolute atomic E-state index is 12.9. The van der Waals surface area contributed by atoms with Crippen molar-refractivity contribution in [2.45, 2.75) is 6.17 Å². The molecule has 1 atom stereocenters. The van der Waals surface area contributed by atoms with Crippen LogP contribution in [0.4, 0.5) is 0 Å². The van der Waals surface area contributed by atoms with Crippen LogP contribution in [0.3, 0.4) is 0 Å². The summed E-state index contributed by atoms with van der Waals surface area (Å²) in [6.07, 6.45) is 1.29. The summed E-state index contributed by atoms with van der Waals surface area (Å²) in [6.45, 7) is 0. The standard InChI is InChI=1S/C20H20N4O4S/c1-26-14-9-11(10-15(27-2)17(14)28-3)18-21-13-8-6-5-7-12(13)16-19(25)22-20(29-4)23-24(16)18/h5-10,18H,1-4H3,(H,22,23,25)/t18-/m1/s1. The van der Waals surface area contributed by atoms with Gasteiger partial charge in [-0.05, 0) is 24.5 Å². The zero-order valence-electron chi connectivity index (χ0n) is 16.4. The largest absolute Gasteiger partial charge is 0.493 e. The molecule has 2 aliphatic heterocycles. The van der Waals surface area contributed by atoms with Gasteiger partial charge in [0.25, 0.3) is 5.91 Å². The minimum atomic E-state index is -0.568. The Labute approximate surface area is 171 Å². The van der Waals surface area contributed by atoms with Gasteiger partial charge in [0.1, 0.15) is 5.70 Å². The van der Waals surface area contributed by atoms with Crippen molar-refractivity contribution >= 4 is 28.5 Å². The maximum Gasteiger partial charge on any atom is 0.276 e. The molecule has 0 unspecified atom stereocenters. The number of carbonyl (C=O) groups is 1. The number of ether oxygens (including phenoxy) is 3. The molecule has 0 bridgehead atoms. The lowest BCUT2D eigenvalue weighted by atomic mass is 10.1. The van der Waals surface area contributed by atoms with Crippen LogP contribution in [0.5, 0.6) is 17.2 Å². The molecule has 1 N–H and O–H groups in total. The smallest absolute Gasteiger partial charge is 0.276 e. The van der Waals surface area contributed by atoms with Crippen LogP contribution in [0.1, 0.15) is 11.7 Å². The number of methoxy groups -OCH3 is 3. The van der Waals surface area contributed by atoms with Crippen LogP contribution in [0.25, 0.3) is 5.70 Å². The van der Waals surface area contributed by atoms with E-state index in [1.54, 1.807) is 26.3 Å². The molecule has 0 spiro atoms. The zero-order chi connectivity index (χ0) is 20.5. The normalized spacial score (nSPS) is 17.4. The second kappa shape index (κ2) is 7.67. The Morgan fingerprint density at radius 1 is 1.07 bits per heavy atom. The summed E-state index contributed by atoms with van der Waals surface area (Å²) in [7, 11) is 4.67. The van der Waals surface area contributed by atoms with E-state index in [4.69, 9.17) is 19.2 Å². The molecule has 2 aliphatic rings. The van der Waals surface area contributed by atoms with Crippen molar-refractivity contribution in [3.63, 3.8) is 0 Å². The van der Waals surface area contributed by atoms with Gasteiger partial charge in [-0.2, -0.15) is 0 Å². The Hall–Kier alpha value is -3.20. The molecule has 0 aliphatic carbocycles. The van der Waals surface area contributed by atoms with E-state index in [1.165, 1.54) is 11.8 Å². The molecule has 150 valence electrons. The molecule has 9 heteroatoms. The second-order valence-corrected chi connectivity index (χ2v) is 7.03. The third kappa shape index (κ3) is 3.17. The van der Waals surface area contributed by atoms with Crippen LogP contribution in [0.2, 0.25) is 0 Å². The molecule has 8 nitrogen and oxygen atoms in total. The second-order valence-electron chi connectivity index (χ2n) is 6.24. The molecule has 4 rings (SSSR count). The number of thioether (sulfide) groups is 1. The Bertz CT molecular complexity index is 1110. The van der Waals surface area contributed by atoms with Gasteiger partial charge in [-0.1, -0.05) is 30.0 Å². The lowest BCUT2D eigenvalue weighted by Gasteiger charge is -2.34. The van der Waals surface area contributed by atoms with Gasteiger partial charge >= 0.3 is 0 Å². The summed E-state index contributed by atoms with van der Waals surface area (Å²) in [6, 6.07) is 11.2. The van der Waals surface area contributed by atoms with Crippen LogP contribution >= 0.6 is 11.8 Å². The third-order valence-corrected chi connectivity index (χ3v) is 5.26. The molecule has 0 fully saturated rings. The van der Waals surface area contributed by atoms with E-state index in [1.807, 2.05) is 42.7 Å². The average molecular weight is 412 g/mol. The monoisotopic (exact) mass is 412 g/mol. The number of nitrogens with zero attached hydrogens (tertiary/aromatic N) is 3. The Morgan fingerprint density at radius 3 is 2.38 bits per heavy atom. The Morgan fingerprint density at radius 2 is 1.76 bits per heavy atom. The molecule has 0 saturated carbocycles. The van der Waals surface area contributed by atoms with Crippen molar-refractivity contribution in [3.8, 4) is 17.2 Å². The topological polar surface area (TPSA) is 84.8 Å². The molecule has 2 heterocycles. The van der Waals surface area contributed by atoms with E-state index in [9.17, 15) is 4.79 Å². The zero-order valence-corrected chi connectivity index (χ0v) is 17.2. The summed E-state index contributed by atoms with van der Waals surface area (Å²) in [4.78, 5) is 17.8. The average Bonchev–Trinajstić information content (AvgIpc) is 2.76. The highest BCUT2D eigenvalue weighted by molar-refractivity contribution is 8.13. The van der Waals surface area contributed by atoms with Gasteiger partial charge in [0.2, 0.25) is 5.75 Å². The van der Waals surface area contributed by atoms with Gasteiger partial charge in [0.15, 0.2) is 22.8 Å². The van der Waals surface area contributed by atoms with E-state index in [-0.39, 0.29) is 5.91 Å². The molecule has 2 aromatic rings. The highest BCUT2D eigenvalue weighted by Gasteiger charge is 2.35. The first-order valence-corrected chi connectivity index (χ1v) is 10.0. The fraction of sp³-hybridized carbons (Fsp3) is 0.250. The lowest BCUT2D eigenvalue weighted by Crippen LogP contribution is -2.50. The highest BCUT2D eigenvalue weighted by Crippen LogP contribution is 2.42. The van der Waals surface area contributed by atoms with Crippen LogP contribution in [-0.2, 0) is 4.79 Å². The fourth-order valence-electron chi connectivity index (χ4n) is 3.39. The lowest BCUT2D eigenvalue weighted by molar-refractivity contribution is -0.116. The quantitative estimate of drug-likeness (QED) is 0.813. The molecule has 0 saturated heterocycles. The van der Waals surface area contributed by atoms with Crippen molar-refractivity contribution < 1.29 is 19.0 Å². The van der Waals surface area contributed by atoms with Crippen molar-refractivity contribution in [1.82, 2.24) is 10.3 Å². The Kier molecular flexibility index (Phi) is 5.06. The number of hydrazone groups is 1. The number of fused-ring (bicyclic) bond motifs is 2. The Balaban J connectivity index is 1.97. The van der Waals surface area contributed by atoms with Gasteiger partial charge < -0.3 is 14.2 Å².